The predicted octanol–water partition coefficient (Wildman–Crippen LogP) is 4.44. The molecule has 3 rings (SSSR count). The van der Waals surface area contributed by atoms with Crippen molar-refractivity contribution in [3.05, 3.63) is 93.7 Å². The van der Waals surface area contributed by atoms with Crippen LogP contribution in [0.2, 0.25) is 10.0 Å². The summed E-state index contributed by atoms with van der Waals surface area (Å²) in [5.41, 5.74) is 2.95. The van der Waals surface area contributed by atoms with Crippen LogP contribution in [0.3, 0.4) is 0 Å². The van der Waals surface area contributed by atoms with Gasteiger partial charge in [0.2, 0.25) is 0 Å². The van der Waals surface area contributed by atoms with Crippen LogP contribution in [-0.4, -0.2) is 24.0 Å². The molecule has 32 heavy (non-hydrogen) atoms. The Labute approximate surface area is 191 Å². The van der Waals surface area contributed by atoms with Gasteiger partial charge in [-0.25, -0.2) is 14.6 Å². The minimum atomic E-state index is -1.02. The number of rotatable bonds is 5. The van der Waals surface area contributed by atoms with Gasteiger partial charge in [0.15, 0.2) is 0 Å². The Hall–Kier alpha value is -3.75. The molecule has 0 aliphatic carbocycles. The van der Waals surface area contributed by atoms with Gasteiger partial charge in [-0.2, -0.15) is 5.10 Å². The molecular weight excluding hydrogens is 460 g/mol. The van der Waals surface area contributed by atoms with E-state index in [1.54, 1.807) is 18.2 Å². The normalized spacial score (nSPS) is 10.6. The van der Waals surface area contributed by atoms with Crippen molar-refractivity contribution in [3.8, 4) is 5.75 Å². The van der Waals surface area contributed by atoms with E-state index in [0.29, 0.717) is 10.6 Å². The number of carbonyl (C=O) groups is 3. The predicted molar refractivity (Wildman–Crippen MR) is 119 cm³/mol. The van der Waals surface area contributed by atoms with Crippen LogP contribution in [-0.2, 0) is 9.59 Å². The van der Waals surface area contributed by atoms with E-state index in [-0.39, 0.29) is 22.0 Å². The molecule has 162 valence electrons. The fourth-order valence-electron chi connectivity index (χ4n) is 2.41. The van der Waals surface area contributed by atoms with Crippen molar-refractivity contribution in [3.63, 3.8) is 0 Å². The zero-order valence-corrected chi connectivity index (χ0v) is 17.7. The molecule has 0 spiro atoms. The van der Waals surface area contributed by atoms with Crippen molar-refractivity contribution in [2.75, 3.05) is 5.32 Å². The van der Waals surface area contributed by atoms with E-state index in [1.807, 2.05) is 0 Å². The van der Waals surface area contributed by atoms with E-state index >= 15 is 0 Å². The first-order valence-corrected chi connectivity index (χ1v) is 9.74. The average Bonchev–Trinajstić information content (AvgIpc) is 2.75. The Bertz CT molecular complexity index is 1200. The van der Waals surface area contributed by atoms with Crippen molar-refractivity contribution in [1.82, 2.24) is 5.43 Å². The van der Waals surface area contributed by atoms with Crippen LogP contribution < -0.4 is 15.5 Å². The first-order chi connectivity index (χ1) is 15.3. The highest BCUT2D eigenvalue weighted by molar-refractivity contribution is 6.39. The number of nitrogens with one attached hydrogen (secondary N) is 2. The molecule has 0 aromatic heterocycles. The molecule has 0 aliphatic rings. The molecule has 0 aliphatic heterocycles. The van der Waals surface area contributed by atoms with Crippen LogP contribution >= 0.6 is 23.2 Å². The quantitative estimate of drug-likeness (QED) is 0.188. The number of hydrogen-bond donors (Lipinski definition) is 2. The second kappa shape index (κ2) is 10.5. The summed E-state index contributed by atoms with van der Waals surface area (Å²) >= 11 is 11.8. The van der Waals surface area contributed by atoms with Crippen LogP contribution in [0.5, 0.6) is 5.75 Å². The minimum Gasteiger partial charge on any atom is -0.423 e. The molecule has 7 nitrogen and oxygen atoms in total. The van der Waals surface area contributed by atoms with Crippen LogP contribution in [0.4, 0.5) is 10.1 Å². The van der Waals surface area contributed by atoms with Crippen LogP contribution in [0.25, 0.3) is 0 Å². The molecule has 0 unspecified atom stereocenters. The third kappa shape index (κ3) is 6.37. The standard InChI is InChI=1S/C22H14Cl2FN3O4/c23-14-4-9-18(19(24)11-14)22(31)32-17-3-1-2-13(10-17)12-26-28-21(30)20(29)27-16-7-5-15(25)6-8-16/h1-12H,(H,27,29)(H,28,30)/b26-12-. The lowest BCUT2D eigenvalue weighted by Gasteiger charge is -2.07. The molecule has 0 saturated heterocycles. The van der Waals surface area contributed by atoms with Gasteiger partial charge < -0.3 is 10.1 Å². The van der Waals surface area contributed by atoms with E-state index in [2.05, 4.69) is 15.8 Å². The number of nitrogens with zero attached hydrogens (tertiary/aromatic N) is 1. The van der Waals surface area contributed by atoms with Crippen LogP contribution in [0.15, 0.2) is 71.8 Å². The zero-order chi connectivity index (χ0) is 23.1. The largest absolute Gasteiger partial charge is 0.423 e. The smallest absolute Gasteiger partial charge is 0.345 e. The van der Waals surface area contributed by atoms with Crippen molar-refractivity contribution in [2.45, 2.75) is 0 Å². The maximum absolute atomic E-state index is 12.9. The van der Waals surface area contributed by atoms with Crippen molar-refractivity contribution in [2.24, 2.45) is 5.10 Å². The third-order valence-electron chi connectivity index (χ3n) is 3.91. The molecule has 3 aromatic rings. The second-order valence-corrected chi connectivity index (χ2v) is 7.09. The summed E-state index contributed by atoms with van der Waals surface area (Å²) < 4.78 is 18.2. The van der Waals surface area contributed by atoms with E-state index in [0.717, 1.165) is 12.1 Å². The van der Waals surface area contributed by atoms with Crippen molar-refractivity contribution >= 4 is 52.9 Å². The molecule has 0 atom stereocenters. The Kier molecular flexibility index (Phi) is 7.54. The van der Waals surface area contributed by atoms with E-state index in [4.69, 9.17) is 27.9 Å². The van der Waals surface area contributed by atoms with Gasteiger partial charge in [0.05, 0.1) is 16.8 Å². The summed E-state index contributed by atoms with van der Waals surface area (Å²) in [6.07, 6.45) is 1.26. The molecule has 2 N–H and O–H groups in total. The summed E-state index contributed by atoms with van der Waals surface area (Å²) in [6.45, 7) is 0. The summed E-state index contributed by atoms with van der Waals surface area (Å²) in [7, 11) is 0. The summed E-state index contributed by atoms with van der Waals surface area (Å²) in [5.74, 6) is -2.93. The fraction of sp³-hybridized carbons (Fsp3) is 0. The highest BCUT2D eigenvalue weighted by Gasteiger charge is 2.14. The van der Waals surface area contributed by atoms with Gasteiger partial charge in [-0.3, -0.25) is 9.59 Å². The van der Waals surface area contributed by atoms with Crippen molar-refractivity contribution in [1.29, 1.82) is 0 Å². The molecule has 0 radical (unpaired) electrons. The van der Waals surface area contributed by atoms with Crippen LogP contribution in [0, 0.1) is 5.82 Å². The second-order valence-electron chi connectivity index (χ2n) is 6.25. The van der Waals surface area contributed by atoms with Crippen LogP contribution in [0.1, 0.15) is 15.9 Å². The fourth-order valence-corrected chi connectivity index (χ4v) is 2.90. The van der Waals surface area contributed by atoms with Gasteiger partial charge >= 0.3 is 17.8 Å². The lowest BCUT2D eigenvalue weighted by Crippen LogP contribution is -2.32. The highest BCUT2D eigenvalue weighted by atomic mass is 35.5. The first kappa shape index (κ1) is 22.9. The number of anilines is 1. The van der Waals surface area contributed by atoms with E-state index in [9.17, 15) is 18.8 Å². The third-order valence-corrected chi connectivity index (χ3v) is 4.46. The monoisotopic (exact) mass is 473 g/mol. The number of amides is 2. The Morgan fingerprint density at radius 3 is 2.41 bits per heavy atom. The molecule has 2 amide bonds. The van der Waals surface area contributed by atoms with Gasteiger partial charge in [0.25, 0.3) is 0 Å². The zero-order valence-electron chi connectivity index (χ0n) is 16.1. The summed E-state index contributed by atoms with van der Waals surface area (Å²) in [6, 6.07) is 15.6. The topological polar surface area (TPSA) is 96.9 Å². The van der Waals surface area contributed by atoms with Gasteiger partial charge in [-0.1, -0.05) is 35.3 Å². The molecule has 10 heteroatoms. The van der Waals surface area contributed by atoms with Gasteiger partial charge in [-0.15, -0.1) is 0 Å². The Morgan fingerprint density at radius 1 is 0.938 bits per heavy atom. The molecular formula is C22H14Cl2FN3O4. The SMILES string of the molecule is O=C(N/N=C\c1cccc(OC(=O)c2ccc(Cl)cc2Cl)c1)C(=O)Nc1ccc(F)cc1. The number of hydrazone groups is 1. The number of benzene rings is 3. The van der Waals surface area contributed by atoms with Gasteiger partial charge in [0, 0.05) is 10.7 Å². The molecule has 0 bridgehead atoms. The van der Waals surface area contributed by atoms with Gasteiger partial charge in [0.1, 0.15) is 11.6 Å². The molecule has 3 aromatic carbocycles. The molecule has 0 saturated carbocycles. The summed E-state index contributed by atoms with van der Waals surface area (Å²) in [4.78, 5) is 36.0. The maximum Gasteiger partial charge on any atom is 0.345 e. The van der Waals surface area contributed by atoms with E-state index < -0.39 is 23.6 Å². The average molecular weight is 474 g/mol. The van der Waals surface area contributed by atoms with E-state index in [1.165, 1.54) is 42.6 Å². The lowest BCUT2D eigenvalue weighted by molar-refractivity contribution is -0.136. The first-order valence-electron chi connectivity index (χ1n) is 8.99. The van der Waals surface area contributed by atoms with Gasteiger partial charge in [-0.05, 0) is 60.2 Å². The minimum absolute atomic E-state index is 0.148. The van der Waals surface area contributed by atoms with Crippen molar-refractivity contribution < 1.29 is 23.5 Å². The number of halogens is 3. The number of hydrogen-bond acceptors (Lipinski definition) is 5. The molecule has 0 fully saturated rings. The number of ether oxygens (including phenoxy) is 1. The highest BCUT2D eigenvalue weighted by Crippen LogP contribution is 2.23. The maximum atomic E-state index is 12.9. The number of carbonyl (C=O) groups excluding carboxylic acids is 3. The molecule has 0 heterocycles. The number of esters is 1. The Morgan fingerprint density at radius 2 is 1.69 bits per heavy atom. The lowest BCUT2D eigenvalue weighted by atomic mass is 10.2. The summed E-state index contributed by atoms with van der Waals surface area (Å²) in [5, 5.41) is 6.54. The Balaban J connectivity index is 1.57.